The summed E-state index contributed by atoms with van der Waals surface area (Å²) in [6, 6.07) is 17.7. The first kappa shape index (κ1) is 19.0. The Kier molecular flexibility index (Phi) is 5.67. The lowest BCUT2D eigenvalue weighted by Gasteiger charge is -2.11. The molecule has 0 saturated heterocycles. The molecule has 2 aromatic carbocycles. The summed E-state index contributed by atoms with van der Waals surface area (Å²) in [7, 11) is 0. The minimum Gasteiger partial charge on any atom is -0.270 e. The Morgan fingerprint density at radius 1 is 1.00 bits per heavy atom. The lowest BCUT2D eigenvalue weighted by atomic mass is 10.2. The number of nitrogens with zero attached hydrogens (tertiary/aromatic N) is 4. The summed E-state index contributed by atoms with van der Waals surface area (Å²) in [5.41, 5.74) is 4.10. The van der Waals surface area contributed by atoms with Crippen molar-refractivity contribution in [3.8, 4) is 17.1 Å². The van der Waals surface area contributed by atoms with Gasteiger partial charge in [-0.05, 0) is 48.9 Å². The van der Waals surface area contributed by atoms with Crippen LogP contribution in [-0.2, 0) is 5.75 Å². The number of pyridine rings is 1. The number of thioether (sulfide) groups is 1. The molecule has 140 valence electrons. The first-order chi connectivity index (χ1) is 13.6. The standard InChI is InChI=1S/C21H16Cl2N4S/c1-14-4-8-18(9-5-14)27-20(15-3-2-10-24-12-15)25-26-21(27)28-13-16-6-7-17(22)11-19(16)23/h2-12H,13H2,1H3. The van der Waals surface area contributed by atoms with Gasteiger partial charge in [-0.2, -0.15) is 0 Å². The Labute approximate surface area is 177 Å². The highest BCUT2D eigenvalue weighted by Gasteiger charge is 2.17. The Balaban J connectivity index is 1.72. The van der Waals surface area contributed by atoms with Crippen molar-refractivity contribution >= 4 is 35.0 Å². The van der Waals surface area contributed by atoms with Crippen LogP contribution in [0.25, 0.3) is 17.1 Å². The van der Waals surface area contributed by atoms with Gasteiger partial charge in [-0.15, -0.1) is 10.2 Å². The highest BCUT2D eigenvalue weighted by atomic mass is 35.5. The maximum absolute atomic E-state index is 6.32. The van der Waals surface area contributed by atoms with E-state index in [4.69, 9.17) is 23.2 Å². The van der Waals surface area contributed by atoms with Gasteiger partial charge in [0.1, 0.15) is 0 Å². The van der Waals surface area contributed by atoms with Crippen LogP contribution in [-0.4, -0.2) is 19.7 Å². The van der Waals surface area contributed by atoms with Crippen LogP contribution in [0, 0.1) is 6.92 Å². The molecule has 0 amide bonds. The van der Waals surface area contributed by atoms with Gasteiger partial charge in [-0.1, -0.05) is 58.7 Å². The summed E-state index contributed by atoms with van der Waals surface area (Å²) in [6.07, 6.45) is 3.54. The first-order valence-electron chi connectivity index (χ1n) is 8.61. The average molecular weight is 427 g/mol. The molecule has 2 aromatic heterocycles. The molecule has 4 nitrogen and oxygen atoms in total. The number of benzene rings is 2. The van der Waals surface area contributed by atoms with Crippen molar-refractivity contribution in [3.63, 3.8) is 0 Å². The summed E-state index contributed by atoms with van der Waals surface area (Å²) >= 11 is 13.9. The minimum atomic E-state index is 0.625. The maximum atomic E-state index is 6.32. The molecule has 2 heterocycles. The summed E-state index contributed by atoms with van der Waals surface area (Å²) in [5, 5.41) is 10.9. The van der Waals surface area contributed by atoms with Crippen LogP contribution in [0.4, 0.5) is 0 Å². The summed E-state index contributed by atoms with van der Waals surface area (Å²) in [6.45, 7) is 2.07. The van der Waals surface area contributed by atoms with Gasteiger partial charge in [-0.25, -0.2) is 0 Å². The second kappa shape index (κ2) is 8.35. The Hall–Kier alpha value is -2.34. The van der Waals surface area contributed by atoms with Crippen LogP contribution in [0.5, 0.6) is 0 Å². The van der Waals surface area contributed by atoms with E-state index in [9.17, 15) is 0 Å². The molecule has 0 aliphatic rings. The number of hydrogen-bond donors (Lipinski definition) is 0. The van der Waals surface area contributed by atoms with E-state index >= 15 is 0 Å². The second-order valence-corrected chi connectivity index (χ2v) is 8.03. The van der Waals surface area contributed by atoms with E-state index in [1.807, 2.05) is 28.8 Å². The fourth-order valence-corrected chi connectivity index (χ4v) is 4.26. The van der Waals surface area contributed by atoms with E-state index in [-0.39, 0.29) is 0 Å². The molecule has 0 bridgehead atoms. The highest BCUT2D eigenvalue weighted by Crippen LogP contribution is 2.32. The summed E-state index contributed by atoms with van der Waals surface area (Å²) in [5.74, 6) is 1.41. The van der Waals surface area contributed by atoms with Crippen molar-refractivity contribution in [1.29, 1.82) is 0 Å². The number of aromatic nitrogens is 4. The predicted molar refractivity (Wildman–Crippen MR) is 115 cm³/mol. The van der Waals surface area contributed by atoms with Gasteiger partial charge in [-0.3, -0.25) is 9.55 Å². The zero-order chi connectivity index (χ0) is 19.5. The molecule has 4 aromatic rings. The number of hydrogen-bond acceptors (Lipinski definition) is 4. The molecule has 0 aliphatic heterocycles. The van der Waals surface area contributed by atoms with E-state index in [0.717, 1.165) is 27.8 Å². The maximum Gasteiger partial charge on any atom is 0.196 e. The summed E-state index contributed by atoms with van der Waals surface area (Å²) < 4.78 is 2.05. The normalized spacial score (nSPS) is 11.0. The lowest BCUT2D eigenvalue weighted by Crippen LogP contribution is -2.00. The van der Waals surface area contributed by atoms with Crippen LogP contribution in [0.15, 0.2) is 72.1 Å². The van der Waals surface area contributed by atoms with Crippen molar-refractivity contribution in [3.05, 3.63) is 88.2 Å². The zero-order valence-electron chi connectivity index (χ0n) is 15.0. The molecule has 0 radical (unpaired) electrons. The Morgan fingerprint density at radius 2 is 1.82 bits per heavy atom. The van der Waals surface area contributed by atoms with Crippen molar-refractivity contribution in [2.24, 2.45) is 0 Å². The van der Waals surface area contributed by atoms with E-state index in [0.29, 0.717) is 15.8 Å². The summed E-state index contributed by atoms with van der Waals surface area (Å²) in [4.78, 5) is 4.21. The molecule has 0 aliphatic carbocycles. The van der Waals surface area contributed by atoms with E-state index < -0.39 is 0 Å². The quantitative estimate of drug-likeness (QED) is 0.354. The number of halogens is 2. The SMILES string of the molecule is Cc1ccc(-n2c(SCc3ccc(Cl)cc3Cl)nnc2-c2cccnc2)cc1. The largest absolute Gasteiger partial charge is 0.270 e. The molecule has 0 saturated carbocycles. The molecule has 0 N–H and O–H groups in total. The zero-order valence-corrected chi connectivity index (χ0v) is 17.3. The fraction of sp³-hybridized carbons (Fsp3) is 0.0952. The Bertz CT molecular complexity index is 1100. The highest BCUT2D eigenvalue weighted by molar-refractivity contribution is 7.98. The van der Waals surface area contributed by atoms with Crippen molar-refractivity contribution in [2.45, 2.75) is 17.8 Å². The number of rotatable bonds is 5. The van der Waals surface area contributed by atoms with Crippen LogP contribution in [0.3, 0.4) is 0 Å². The van der Waals surface area contributed by atoms with Gasteiger partial charge in [0.15, 0.2) is 11.0 Å². The average Bonchev–Trinajstić information content (AvgIpc) is 3.12. The van der Waals surface area contributed by atoms with Crippen LogP contribution in [0.1, 0.15) is 11.1 Å². The lowest BCUT2D eigenvalue weighted by molar-refractivity contribution is 0.885. The minimum absolute atomic E-state index is 0.625. The van der Waals surface area contributed by atoms with Gasteiger partial charge in [0, 0.05) is 39.4 Å². The molecular formula is C21H16Cl2N4S. The smallest absolute Gasteiger partial charge is 0.196 e. The van der Waals surface area contributed by atoms with Crippen LogP contribution in [0.2, 0.25) is 10.0 Å². The van der Waals surface area contributed by atoms with Crippen LogP contribution >= 0.6 is 35.0 Å². The molecule has 0 unspecified atom stereocenters. The van der Waals surface area contributed by atoms with Crippen molar-refractivity contribution < 1.29 is 0 Å². The van der Waals surface area contributed by atoms with Crippen LogP contribution < -0.4 is 0 Å². The van der Waals surface area contributed by atoms with E-state index in [1.54, 1.807) is 30.2 Å². The third kappa shape index (κ3) is 4.07. The third-order valence-electron chi connectivity index (χ3n) is 4.22. The molecule has 0 atom stereocenters. The van der Waals surface area contributed by atoms with Gasteiger partial charge in [0.25, 0.3) is 0 Å². The molecule has 0 fully saturated rings. The van der Waals surface area contributed by atoms with E-state index in [1.165, 1.54) is 5.56 Å². The predicted octanol–water partition coefficient (Wildman–Crippen LogP) is 6.24. The van der Waals surface area contributed by atoms with Gasteiger partial charge >= 0.3 is 0 Å². The molecule has 28 heavy (non-hydrogen) atoms. The van der Waals surface area contributed by atoms with Crippen molar-refractivity contribution in [2.75, 3.05) is 0 Å². The fourth-order valence-electron chi connectivity index (χ4n) is 2.75. The van der Waals surface area contributed by atoms with E-state index in [2.05, 4.69) is 46.4 Å². The van der Waals surface area contributed by atoms with Gasteiger partial charge in [0.05, 0.1) is 0 Å². The van der Waals surface area contributed by atoms with Gasteiger partial charge < -0.3 is 0 Å². The molecular weight excluding hydrogens is 411 g/mol. The first-order valence-corrected chi connectivity index (χ1v) is 10.4. The molecule has 0 spiro atoms. The Morgan fingerprint density at radius 3 is 2.54 bits per heavy atom. The molecule has 4 rings (SSSR count). The topological polar surface area (TPSA) is 43.6 Å². The molecule has 7 heteroatoms. The van der Waals surface area contributed by atoms with Crippen molar-refractivity contribution in [1.82, 2.24) is 19.7 Å². The monoisotopic (exact) mass is 426 g/mol. The second-order valence-electron chi connectivity index (χ2n) is 6.24. The number of aryl methyl sites for hydroxylation is 1. The van der Waals surface area contributed by atoms with Gasteiger partial charge in [0.2, 0.25) is 0 Å². The third-order valence-corrected chi connectivity index (χ3v) is 5.78.